The van der Waals surface area contributed by atoms with Crippen molar-refractivity contribution in [1.29, 1.82) is 0 Å². The Morgan fingerprint density at radius 1 is 1.06 bits per heavy atom. The molecule has 0 atom stereocenters. The molecule has 0 saturated carbocycles. The van der Waals surface area contributed by atoms with Crippen molar-refractivity contribution >= 4 is 27.6 Å². The number of ether oxygens (including phenoxy) is 2. The number of amides is 1. The van der Waals surface area contributed by atoms with Crippen LogP contribution in [0.25, 0.3) is 0 Å². The van der Waals surface area contributed by atoms with Crippen molar-refractivity contribution in [2.45, 2.75) is 17.7 Å². The summed E-state index contributed by atoms with van der Waals surface area (Å²) < 4.78 is 49.7. The quantitative estimate of drug-likeness (QED) is 0.679. The maximum atomic E-state index is 13.1. The molecule has 0 aliphatic carbocycles. The number of nitrogens with zero attached hydrogens (tertiary/aromatic N) is 1. The number of benzene rings is 2. The Morgan fingerprint density at radius 2 is 1.71 bits per heavy atom. The summed E-state index contributed by atoms with van der Waals surface area (Å²) in [6.07, 6.45) is 0.631. The van der Waals surface area contributed by atoms with Crippen molar-refractivity contribution in [3.63, 3.8) is 0 Å². The monoisotopic (exact) mass is 450 g/mol. The van der Waals surface area contributed by atoms with Gasteiger partial charge in [0.25, 0.3) is 0 Å². The molecule has 1 aliphatic rings. The van der Waals surface area contributed by atoms with Crippen LogP contribution in [0.4, 0.5) is 10.1 Å². The fourth-order valence-electron chi connectivity index (χ4n) is 3.39. The van der Waals surface area contributed by atoms with Crippen LogP contribution < -0.4 is 10.1 Å². The smallest absolute Gasteiger partial charge is 0.340 e. The minimum Gasteiger partial charge on any atom is -0.497 e. The topological polar surface area (TPSA) is 102 Å². The van der Waals surface area contributed by atoms with E-state index in [-0.39, 0.29) is 29.5 Å². The van der Waals surface area contributed by atoms with E-state index in [9.17, 15) is 22.4 Å². The van der Waals surface area contributed by atoms with Gasteiger partial charge in [-0.15, -0.1) is 0 Å². The van der Waals surface area contributed by atoms with Crippen molar-refractivity contribution < 1.29 is 31.9 Å². The molecular weight excluding hydrogens is 427 g/mol. The summed E-state index contributed by atoms with van der Waals surface area (Å²) in [5.41, 5.74) is 0.450. The van der Waals surface area contributed by atoms with Gasteiger partial charge < -0.3 is 14.8 Å². The van der Waals surface area contributed by atoms with E-state index in [2.05, 4.69) is 5.32 Å². The first-order valence-corrected chi connectivity index (χ1v) is 11.0. The molecule has 0 spiro atoms. The van der Waals surface area contributed by atoms with Crippen molar-refractivity contribution in [2.75, 3.05) is 32.6 Å². The molecule has 166 valence electrons. The second-order valence-corrected chi connectivity index (χ2v) is 8.96. The summed E-state index contributed by atoms with van der Waals surface area (Å²) in [6.45, 7) is 0.314. The molecule has 2 aromatic carbocycles. The molecule has 1 amide bonds. The summed E-state index contributed by atoms with van der Waals surface area (Å²) in [6, 6.07) is 9.28. The zero-order valence-electron chi connectivity index (χ0n) is 17.1. The van der Waals surface area contributed by atoms with Gasteiger partial charge in [-0.3, -0.25) is 4.79 Å². The second kappa shape index (κ2) is 9.44. The summed E-state index contributed by atoms with van der Waals surface area (Å²) in [5.74, 6) is -1.42. The minimum atomic E-state index is -3.76. The Labute approximate surface area is 180 Å². The number of anilines is 1. The van der Waals surface area contributed by atoms with Gasteiger partial charge in [0.05, 0.1) is 30.4 Å². The Kier molecular flexibility index (Phi) is 6.91. The second-order valence-electron chi connectivity index (χ2n) is 7.02. The Morgan fingerprint density at radius 3 is 2.29 bits per heavy atom. The molecule has 0 radical (unpaired) electrons. The number of methoxy groups -OCH3 is 2. The number of halogens is 1. The average molecular weight is 450 g/mol. The SMILES string of the molecule is COC(=O)c1cc(OC)ccc1NC(=O)C1CCN(S(=O)(=O)c2ccc(F)cc2)CC1. The summed E-state index contributed by atoms with van der Waals surface area (Å²) >= 11 is 0. The number of sulfonamides is 1. The molecule has 0 aromatic heterocycles. The standard InChI is InChI=1S/C21H23FN2O6S/c1-29-16-5-8-19(18(13-16)21(26)30-2)23-20(25)14-9-11-24(12-10-14)31(27,28)17-6-3-15(22)4-7-17/h3-8,13-14H,9-12H2,1-2H3,(H,23,25). The third-order valence-corrected chi connectivity index (χ3v) is 7.08. The Hall–Kier alpha value is -2.98. The van der Waals surface area contributed by atoms with E-state index in [1.807, 2.05) is 0 Å². The van der Waals surface area contributed by atoms with Gasteiger partial charge in [0, 0.05) is 19.0 Å². The zero-order valence-corrected chi connectivity index (χ0v) is 17.9. The number of piperidine rings is 1. The number of hydrogen-bond donors (Lipinski definition) is 1. The van der Waals surface area contributed by atoms with Gasteiger partial charge in [-0.05, 0) is 55.3 Å². The normalized spacial score (nSPS) is 15.3. The lowest BCUT2D eigenvalue weighted by molar-refractivity contribution is -0.120. The van der Waals surface area contributed by atoms with Crippen LogP contribution in [0.1, 0.15) is 23.2 Å². The first-order chi connectivity index (χ1) is 14.8. The van der Waals surface area contributed by atoms with Crippen molar-refractivity contribution in [2.24, 2.45) is 5.92 Å². The first kappa shape index (κ1) is 22.7. The van der Waals surface area contributed by atoms with E-state index in [0.717, 1.165) is 12.1 Å². The molecule has 1 fully saturated rings. The molecule has 31 heavy (non-hydrogen) atoms. The molecule has 1 heterocycles. The van der Waals surface area contributed by atoms with Gasteiger partial charge in [0.2, 0.25) is 15.9 Å². The van der Waals surface area contributed by atoms with Crippen molar-refractivity contribution in [1.82, 2.24) is 4.31 Å². The van der Waals surface area contributed by atoms with E-state index in [4.69, 9.17) is 9.47 Å². The number of nitrogens with one attached hydrogen (secondary N) is 1. The van der Waals surface area contributed by atoms with E-state index >= 15 is 0 Å². The highest BCUT2D eigenvalue weighted by Crippen LogP contribution is 2.27. The van der Waals surface area contributed by atoms with E-state index in [1.54, 1.807) is 12.1 Å². The lowest BCUT2D eigenvalue weighted by Crippen LogP contribution is -2.41. The number of carbonyl (C=O) groups excluding carboxylic acids is 2. The third kappa shape index (κ3) is 5.02. The molecule has 8 nitrogen and oxygen atoms in total. The highest BCUT2D eigenvalue weighted by atomic mass is 32.2. The fourth-order valence-corrected chi connectivity index (χ4v) is 4.86. The average Bonchev–Trinajstić information content (AvgIpc) is 2.79. The number of rotatable bonds is 6. The highest BCUT2D eigenvalue weighted by molar-refractivity contribution is 7.89. The van der Waals surface area contributed by atoms with Crippen LogP contribution in [0.3, 0.4) is 0 Å². The van der Waals surface area contributed by atoms with Crippen LogP contribution in [-0.2, 0) is 19.6 Å². The van der Waals surface area contributed by atoms with Crippen LogP contribution in [-0.4, -0.2) is 51.9 Å². The maximum Gasteiger partial charge on any atom is 0.340 e. The largest absolute Gasteiger partial charge is 0.497 e. The number of carbonyl (C=O) groups is 2. The molecule has 1 saturated heterocycles. The van der Waals surface area contributed by atoms with E-state index in [1.165, 1.54) is 36.7 Å². The molecule has 10 heteroatoms. The number of esters is 1. The molecular formula is C21H23FN2O6S. The Balaban J connectivity index is 1.67. The van der Waals surface area contributed by atoms with Gasteiger partial charge in [-0.25, -0.2) is 17.6 Å². The van der Waals surface area contributed by atoms with Crippen LogP contribution in [0, 0.1) is 11.7 Å². The lowest BCUT2D eigenvalue weighted by Gasteiger charge is -2.30. The predicted octanol–water partition coefficient (Wildman–Crippen LogP) is 2.66. The van der Waals surface area contributed by atoms with E-state index < -0.39 is 27.7 Å². The summed E-state index contributed by atoms with van der Waals surface area (Å²) in [4.78, 5) is 24.8. The van der Waals surface area contributed by atoms with Crippen LogP contribution in [0.2, 0.25) is 0 Å². The minimum absolute atomic E-state index is 0.0118. The highest BCUT2D eigenvalue weighted by Gasteiger charge is 2.32. The molecule has 3 rings (SSSR count). The molecule has 1 aliphatic heterocycles. The van der Waals surface area contributed by atoms with Gasteiger partial charge in [0.15, 0.2) is 0 Å². The number of hydrogen-bond acceptors (Lipinski definition) is 6. The Bertz CT molecular complexity index is 1060. The van der Waals surface area contributed by atoms with Crippen LogP contribution in [0.5, 0.6) is 5.75 Å². The maximum absolute atomic E-state index is 13.1. The van der Waals surface area contributed by atoms with Gasteiger partial charge in [0.1, 0.15) is 11.6 Å². The zero-order chi connectivity index (χ0) is 22.6. The van der Waals surface area contributed by atoms with Gasteiger partial charge in [-0.2, -0.15) is 4.31 Å². The molecule has 0 unspecified atom stereocenters. The molecule has 2 aromatic rings. The molecule has 0 bridgehead atoms. The predicted molar refractivity (Wildman–Crippen MR) is 111 cm³/mol. The van der Waals surface area contributed by atoms with Gasteiger partial charge >= 0.3 is 5.97 Å². The third-order valence-electron chi connectivity index (χ3n) is 5.17. The summed E-state index contributed by atoms with van der Waals surface area (Å²) in [7, 11) is -1.05. The van der Waals surface area contributed by atoms with Crippen LogP contribution in [0.15, 0.2) is 47.4 Å². The van der Waals surface area contributed by atoms with Crippen molar-refractivity contribution in [3.05, 3.63) is 53.8 Å². The lowest BCUT2D eigenvalue weighted by atomic mass is 9.97. The van der Waals surface area contributed by atoms with Crippen molar-refractivity contribution in [3.8, 4) is 5.75 Å². The fraction of sp³-hybridized carbons (Fsp3) is 0.333. The first-order valence-electron chi connectivity index (χ1n) is 9.59. The van der Waals surface area contributed by atoms with Gasteiger partial charge in [-0.1, -0.05) is 0 Å². The van der Waals surface area contributed by atoms with Crippen LogP contribution >= 0.6 is 0 Å². The summed E-state index contributed by atoms with van der Waals surface area (Å²) in [5, 5.41) is 2.73. The molecule has 1 N–H and O–H groups in total. The van der Waals surface area contributed by atoms with E-state index in [0.29, 0.717) is 24.3 Å².